The van der Waals surface area contributed by atoms with E-state index < -0.39 is 0 Å². The van der Waals surface area contributed by atoms with Crippen molar-refractivity contribution in [3.63, 3.8) is 0 Å². The van der Waals surface area contributed by atoms with Gasteiger partial charge in [-0.25, -0.2) is 0 Å². The highest BCUT2D eigenvalue weighted by molar-refractivity contribution is 6.01. The zero-order chi connectivity index (χ0) is 13.0. The third kappa shape index (κ3) is 2.35. The first-order chi connectivity index (χ1) is 8.74. The molecule has 2 rings (SSSR count). The van der Waals surface area contributed by atoms with Crippen molar-refractivity contribution in [1.82, 2.24) is 0 Å². The van der Waals surface area contributed by atoms with Crippen LogP contribution in [-0.2, 0) is 0 Å². The first-order valence-electron chi connectivity index (χ1n) is 5.72. The third-order valence-electron chi connectivity index (χ3n) is 2.67. The second kappa shape index (κ2) is 5.36. The zero-order valence-electron chi connectivity index (χ0n) is 9.93. The van der Waals surface area contributed by atoms with Gasteiger partial charge >= 0.3 is 0 Å². The summed E-state index contributed by atoms with van der Waals surface area (Å²) in [6, 6.07) is 3.12. The first kappa shape index (κ1) is 12.2. The van der Waals surface area contributed by atoms with Crippen molar-refractivity contribution in [3.05, 3.63) is 54.1 Å². The molecule has 0 atom stereocenters. The predicted molar refractivity (Wildman–Crippen MR) is 70.9 cm³/mol. The van der Waals surface area contributed by atoms with Gasteiger partial charge in [0.15, 0.2) is 5.78 Å². The minimum Gasteiger partial charge on any atom is -0.507 e. The van der Waals surface area contributed by atoms with Crippen LogP contribution in [0.4, 0.5) is 0 Å². The lowest BCUT2D eigenvalue weighted by molar-refractivity contribution is 0.0933. The maximum absolute atomic E-state index is 11.7. The van der Waals surface area contributed by atoms with E-state index >= 15 is 0 Å². The lowest BCUT2D eigenvalue weighted by Crippen LogP contribution is -2.16. The lowest BCUT2D eigenvalue weighted by Gasteiger charge is -2.18. The Morgan fingerprint density at radius 2 is 2.11 bits per heavy atom. The molecule has 0 saturated carbocycles. The van der Waals surface area contributed by atoms with Crippen LogP contribution < -0.4 is 4.74 Å². The summed E-state index contributed by atoms with van der Waals surface area (Å²) < 4.78 is 5.49. The summed E-state index contributed by atoms with van der Waals surface area (Å²) >= 11 is 0. The normalized spacial score (nSPS) is 14.8. The molecule has 1 aliphatic heterocycles. The van der Waals surface area contributed by atoms with Crippen LogP contribution in [0.1, 0.15) is 22.3 Å². The first-order valence-corrected chi connectivity index (χ1v) is 5.72. The topological polar surface area (TPSA) is 46.5 Å². The second-order valence-electron chi connectivity index (χ2n) is 3.88. The van der Waals surface area contributed by atoms with Gasteiger partial charge in [0.05, 0.1) is 17.7 Å². The van der Waals surface area contributed by atoms with Crippen LogP contribution in [0, 0.1) is 0 Å². The summed E-state index contributed by atoms with van der Waals surface area (Å²) in [6.45, 7) is 3.92. The number of allylic oxidation sites excluding steroid dienone is 4. The molecular formula is C15H14O3. The number of Topliss-reactive ketones (excluding diaryl/α,β-unsaturated/α-hetero) is 1. The van der Waals surface area contributed by atoms with Crippen molar-refractivity contribution in [2.24, 2.45) is 0 Å². The molecule has 0 bridgehead atoms. The third-order valence-corrected chi connectivity index (χ3v) is 2.67. The molecule has 0 aromatic heterocycles. The predicted octanol–water partition coefficient (Wildman–Crippen LogP) is 3.11. The fraction of sp³-hybridized carbons (Fsp3) is 0.133. The minimum atomic E-state index is 0.0486. The molecule has 1 aromatic rings. The number of fused-ring (bicyclic) bond motifs is 1. The smallest absolute Gasteiger partial charge is 0.170 e. The molecule has 1 aromatic carbocycles. The van der Waals surface area contributed by atoms with Gasteiger partial charge < -0.3 is 9.84 Å². The summed E-state index contributed by atoms with van der Waals surface area (Å²) in [7, 11) is 0. The van der Waals surface area contributed by atoms with E-state index in [1.54, 1.807) is 36.4 Å². The summed E-state index contributed by atoms with van der Waals surface area (Å²) in [6.07, 6.45) is 9.08. The van der Waals surface area contributed by atoms with Crippen LogP contribution in [0.5, 0.6) is 11.5 Å². The van der Waals surface area contributed by atoms with Crippen LogP contribution in [-0.4, -0.2) is 17.5 Å². The van der Waals surface area contributed by atoms with Crippen LogP contribution in [0.15, 0.2) is 43.0 Å². The van der Waals surface area contributed by atoms with E-state index in [2.05, 4.69) is 6.58 Å². The largest absolute Gasteiger partial charge is 0.507 e. The van der Waals surface area contributed by atoms with Gasteiger partial charge in [0.2, 0.25) is 0 Å². The second-order valence-corrected chi connectivity index (χ2v) is 3.88. The van der Waals surface area contributed by atoms with Gasteiger partial charge in [0.25, 0.3) is 0 Å². The van der Waals surface area contributed by atoms with Gasteiger partial charge in [-0.1, -0.05) is 30.9 Å². The highest BCUT2D eigenvalue weighted by Gasteiger charge is 2.22. The van der Waals surface area contributed by atoms with Crippen molar-refractivity contribution in [3.8, 4) is 11.5 Å². The molecule has 18 heavy (non-hydrogen) atoms. The van der Waals surface area contributed by atoms with Crippen LogP contribution in [0.3, 0.4) is 0 Å². The molecule has 0 radical (unpaired) electrons. The maximum atomic E-state index is 11.7. The van der Waals surface area contributed by atoms with Crippen LogP contribution in [0.2, 0.25) is 0 Å². The summed E-state index contributed by atoms with van der Waals surface area (Å²) in [4.78, 5) is 11.7. The molecule has 1 aliphatic rings. The fourth-order valence-electron chi connectivity index (χ4n) is 1.80. The minimum absolute atomic E-state index is 0.0486. The number of ketones is 1. The Morgan fingerprint density at radius 3 is 2.89 bits per heavy atom. The Labute approximate surface area is 106 Å². The number of ether oxygens (including phenoxy) is 1. The number of aromatic hydroxyl groups is 1. The molecule has 0 amide bonds. The quantitative estimate of drug-likeness (QED) is 0.828. The number of phenols is 1. The fourth-order valence-corrected chi connectivity index (χ4v) is 1.80. The molecule has 0 unspecified atom stereocenters. The average molecular weight is 242 g/mol. The lowest BCUT2D eigenvalue weighted by atomic mass is 10.00. The Hall–Kier alpha value is -2.29. The zero-order valence-corrected chi connectivity index (χ0v) is 9.93. The average Bonchev–Trinajstić information content (AvgIpc) is 2.37. The number of hydrogen-bond acceptors (Lipinski definition) is 3. The number of carbonyl (C=O) groups is 1. The summed E-state index contributed by atoms with van der Waals surface area (Å²) in [5.74, 6) is 0.619. The van der Waals surface area contributed by atoms with Gasteiger partial charge in [0.1, 0.15) is 11.5 Å². The van der Waals surface area contributed by atoms with Gasteiger partial charge in [-0.05, 0) is 18.2 Å². The van der Waals surface area contributed by atoms with E-state index in [1.165, 1.54) is 6.07 Å². The van der Waals surface area contributed by atoms with E-state index in [-0.39, 0.29) is 11.5 Å². The van der Waals surface area contributed by atoms with Crippen molar-refractivity contribution >= 4 is 11.9 Å². The van der Waals surface area contributed by atoms with Crippen molar-refractivity contribution in [1.29, 1.82) is 0 Å². The van der Waals surface area contributed by atoms with Crippen molar-refractivity contribution < 1.29 is 14.6 Å². The van der Waals surface area contributed by atoms with Crippen LogP contribution in [0.25, 0.3) is 6.08 Å². The monoisotopic (exact) mass is 242 g/mol. The standard InChI is InChI=1S/C15H14O3/c1-2-3-4-5-6-11-13(16)8-7-12-14(17)9-10-18-15(11)12/h2-8,16H,1,9-10H2/b4-3+,6-5+. The number of carbonyl (C=O) groups excluding carboxylic acids is 1. The summed E-state index contributed by atoms with van der Waals surface area (Å²) in [5, 5.41) is 9.82. The van der Waals surface area contributed by atoms with E-state index in [4.69, 9.17) is 4.74 Å². The van der Waals surface area contributed by atoms with Gasteiger partial charge in [-0.3, -0.25) is 4.79 Å². The van der Waals surface area contributed by atoms with Gasteiger partial charge in [-0.15, -0.1) is 0 Å². The number of benzene rings is 1. The molecule has 3 heteroatoms. The summed E-state index contributed by atoms with van der Waals surface area (Å²) in [5.41, 5.74) is 1.07. The molecule has 92 valence electrons. The van der Waals surface area contributed by atoms with E-state index in [9.17, 15) is 9.90 Å². The Balaban J connectivity index is 2.42. The van der Waals surface area contributed by atoms with E-state index in [0.29, 0.717) is 29.9 Å². The molecule has 1 heterocycles. The van der Waals surface area contributed by atoms with Gasteiger partial charge in [-0.2, -0.15) is 0 Å². The molecular weight excluding hydrogens is 228 g/mol. The molecule has 1 N–H and O–H groups in total. The highest BCUT2D eigenvalue weighted by atomic mass is 16.5. The Bertz CT molecular complexity index is 539. The van der Waals surface area contributed by atoms with E-state index in [0.717, 1.165) is 0 Å². The molecule has 0 spiro atoms. The number of phenolic OH excluding ortho intramolecular Hbond substituents is 1. The molecule has 3 nitrogen and oxygen atoms in total. The molecule has 0 saturated heterocycles. The molecule has 0 fully saturated rings. The van der Waals surface area contributed by atoms with Crippen molar-refractivity contribution in [2.75, 3.05) is 6.61 Å². The Morgan fingerprint density at radius 1 is 1.28 bits per heavy atom. The van der Waals surface area contributed by atoms with Crippen LogP contribution >= 0.6 is 0 Å². The highest BCUT2D eigenvalue weighted by Crippen LogP contribution is 2.35. The molecule has 0 aliphatic carbocycles. The van der Waals surface area contributed by atoms with E-state index in [1.807, 2.05) is 0 Å². The SMILES string of the molecule is C=C/C=C/C=C/c1c(O)ccc2c1OCCC2=O. The van der Waals surface area contributed by atoms with Gasteiger partial charge in [0, 0.05) is 6.42 Å². The maximum Gasteiger partial charge on any atom is 0.170 e. The Kier molecular flexibility index (Phi) is 3.63. The number of hydrogen-bond donors (Lipinski definition) is 1. The number of rotatable bonds is 3. The van der Waals surface area contributed by atoms with Crippen molar-refractivity contribution in [2.45, 2.75) is 6.42 Å².